The normalized spacial score (nSPS) is 15.7. The van der Waals surface area contributed by atoms with Crippen LogP contribution in [0.3, 0.4) is 0 Å². The number of likely N-dealkylation sites (tertiary alicyclic amines) is 1. The second-order valence-corrected chi connectivity index (χ2v) is 8.83. The highest BCUT2D eigenvalue weighted by atomic mass is 35.5. The number of hydrazine groups is 1. The molecule has 5 rings (SSSR count). The Morgan fingerprint density at radius 1 is 1.03 bits per heavy atom. The smallest absolute Gasteiger partial charge is 0.255 e. The van der Waals surface area contributed by atoms with E-state index in [0.29, 0.717) is 10.8 Å². The Kier molecular flexibility index (Phi) is 7.29. The zero-order valence-corrected chi connectivity index (χ0v) is 20.2. The van der Waals surface area contributed by atoms with E-state index >= 15 is 0 Å². The minimum Gasteiger partial charge on any atom is -0.496 e. The summed E-state index contributed by atoms with van der Waals surface area (Å²) in [5, 5.41) is 2.85. The number of anilines is 1. The van der Waals surface area contributed by atoms with Crippen molar-refractivity contribution >= 4 is 29.7 Å². The standard InChI is InChI=1S/C25H27ClN4O2.ClH/c1-32-24-16-20(26)4-6-22(24)18-8-11-30(25(31)15-18)21-5-7-23-19(14-21)17-29(27-23)13-12-28-9-2-3-10-28;/h4-8,11,14-16,27H,2-3,9-10,12-13,17H2,1H3;1H. The predicted octanol–water partition coefficient (Wildman–Crippen LogP) is 4.83. The van der Waals surface area contributed by atoms with Crippen molar-refractivity contribution in [2.75, 3.05) is 38.7 Å². The summed E-state index contributed by atoms with van der Waals surface area (Å²) in [5.41, 5.74) is 8.24. The first kappa shape index (κ1) is 23.6. The van der Waals surface area contributed by atoms with Gasteiger partial charge in [0, 0.05) is 48.2 Å². The minimum atomic E-state index is -0.0868. The Morgan fingerprint density at radius 3 is 2.61 bits per heavy atom. The molecule has 1 saturated heterocycles. The Morgan fingerprint density at radius 2 is 1.85 bits per heavy atom. The SMILES string of the molecule is COc1cc(Cl)ccc1-c1ccn(-c2ccc3c(c2)CN(CCN2CCCC2)N3)c(=O)c1.Cl. The molecule has 3 aromatic rings. The number of pyridine rings is 1. The van der Waals surface area contributed by atoms with Gasteiger partial charge in [-0.05, 0) is 79.5 Å². The van der Waals surface area contributed by atoms with Gasteiger partial charge in [0.05, 0.1) is 12.8 Å². The number of benzene rings is 2. The maximum atomic E-state index is 13.0. The van der Waals surface area contributed by atoms with Gasteiger partial charge in [0.2, 0.25) is 0 Å². The molecule has 0 amide bonds. The van der Waals surface area contributed by atoms with E-state index < -0.39 is 0 Å². The molecule has 0 atom stereocenters. The van der Waals surface area contributed by atoms with Crippen LogP contribution in [-0.4, -0.2) is 47.8 Å². The summed E-state index contributed by atoms with van der Waals surface area (Å²) >= 11 is 6.07. The lowest BCUT2D eigenvalue weighted by Gasteiger charge is -2.20. The first-order chi connectivity index (χ1) is 15.6. The molecule has 1 aromatic heterocycles. The van der Waals surface area contributed by atoms with Crippen LogP contribution >= 0.6 is 24.0 Å². The Bertz CT molecular complexity index is 1190. The molecular weight excluding hydrogens is 459 g/mol. The highest BCUT2D eigenvalue weighted by Gasteiger charge is 2.20. The summed E-state index contributed by atoms with van der Waals surface area (Å²) in [6.45, 7) is 5.34. The molecule has 33 heavy (non-hydrogen) atoms. The third-order valence-electron chi connectivity index (χ3n) is 6.29. The van der Waals surface area contributed by atoms with Gasteiger partial charge in [-0.25, -0.2) is 5.01 Å². The van der Waals surface area contributed by atoms with Crippen LogP contribution < -0.4 is 15.7 Å². The molecule has 1 N–H and O–H groups in total. The summed E-state index contributed by atoms with van der Waals surface area (Å²) in [7, 11) is 1.60. The number of methoxy groups -OCH3 is 1. The van der Waals surface area contributed by atoms with Gasteiger partial charge in [-0.1, -0.05) is 11.6 Å². The maximum Gasteiger partial charge on any atom is 0.255 e. The second-order valence-electron chi connectivity index (χ2n) is 8.39. The van der Waals surface area contributed by atoms with E-state index in [-0.39, 0.29) is 18.0 Å². The van der Waals surface area contributed by atoms with Crippen LogP contribution in [0.2, 0.25) is 5.02 Å². The van der Waals surface area contributed by atoms with Crippen LogP contribution in [-0.2, 0) is 6.54 Å². The van der Waals surface area contributed by atoms with Gasteiger partial charge >= 0.3 is 0 Å². The van der Waals surface area contributed by atoms with Crippen LogP contribution in [0, 0.1) is 0 Å². The number of nitrogens with zero attached hydrogens (tertiary/aromatic N) is 3. The Balaban J connectivity index is 0.00000259. The zero-order valence-electron chi connectivity index (χ0n) is 18.6. The number of nitrogens with one attached hydrogen (secondary N) is 1. The van der Waals surface area contributed by atoms with Crippen molar-refractivity contribution in [1.82, 2.24) is 14.5 Å². The van der Waals surface area contributed by atoms with Crippen molar-refractivity contribution in [1.29, 1.82) is 0 Å². The van der Waals surface area contributed by atoms with Gasteiger partial charge in [-0.2, -0.15) is 0 Å². The molecule has 6 nitrogen and oxygen atoms in total. The predicted molar refractivity (Wildman–Crippen MR) is 136 cm³/mol. The van der Waals surface area contributed by atoms with Crippen molar-refractivity contribution in [3.63, 3.8) is 0 Å². The molecule has 0 spiro atoms. The minimum absolute atomic E-state index is 0. The highest BCUT2D eigenvalue weighted by Crippen LogP contribution is 2.32. The fourth-order valence-corrected chi connectivity index (χ4v) is 4.71. The number of fused-ring (bicyclic) bond motifs is 1. The molecule has 174 valence electrons. The van der Waals surface area contributed by atoms with E-state index in [4.69, 9.17) is 16.3 Å². The number of rotatable bonds is 6. The van der Waals surface area contributed by atoms with Crippen LogP contribution in [0.5, 0.6) is 5.75 Å². The van der Waals surface area contributed by atoms with Gasteiger partial charge in [-0.15, -0.1) is 12.4 Å². The van der Waals surface area contributed by atoms with Crippen molar-refractivity contribution in [2.45, 2.75) is 19.4 Å². The Labute approximate surface area is 205 Å². The van der Waals surface area contributed by atoms with E-state index in [1.807, 2.05) is 24.4 Å². The van der Waals surface area contributed by atoms with Gasteiger partial charge < -0.3 is 15.1 Å². The first-order valence-corrected chi connectivity index (χ1v) is 11.4. The van der Waals surface area contributed by atoms with E-state index in [1.165, 1.54) is 31.5 Å². The third kappa shape index (κ3) is 5.04. The van der Waals surface area contributed by atoms with Crippen molar-refractivity contribution in [3.8, 4) is 22.6 Å². The van der Waals surface area contributed by atoms with Crippen molar-refractivity contribution in [2.24, 2.45) is 0 Å². The van der Waals surface area contributed by atoms with Gasteiger partial charge in [0.15, 0.2) is 0 Å². The number of ether oxygens (including phenoxy) is 1. The molecule has 0 saturated carbocycles. The summed E-state index contributed by atoms with van der Waals surface area (Å²) < 4.78 is 7.12. The van der Waals surface area contributed by atoms with E-state index in [9.17, 15) is 4.79 Å². The Hall–Kier alpha value is -2.51. The van der Waals surface area contributed by atoms with Gasteiger partial charge in [0.25, 0.3) is 5.56 Å². The van der Waals surface area contributed by atoms with Crippen LogP contribution in [0.1, 0.15) is 18.4 Å². The van der Waals surface area contributed by atoms with Crippen LogP contribution in [0.15, 0.2) is 59.5 Å². The lowest BCUT2D eigenvalue weighted by Crippen LogP contribution is -2.33. The van der Waals surface area contributed by atoms with Crippen LogP contribution in [0.25, 0.3) is 16.8 Å². The zero-order chi connectivity index (χ0) is 22.1. The fourth-order valence-electron chi connectivity index (χ4n) is 4.55. The summed E-state index contributed by atoms with van der Waals surface area (Å²) in [5.74, 6) is 0.646. The molecule has 0 bridgehead atoms. The molecular formula is C25H28Cl2N4O2. The highest BCUT2D eigenvalue weighted by molar-refractivity contribution is 6.30. The maximum absolute atomic E-state index is 13.0. The molecule has 3 heterocycles. The number of hydrogen-bond donors (Lipinski definition) is 1. The van der Waals surface area contributed by atoms with E-state index in [1.54, 1.807) is 29.9 Å². The summed E-state index contributed by atoms with van der Waals surface area (Å²) in [6, 6.07) is 15.1. The molecule has 2 aliphatic heterocycles. The van der Waals surface area contributed by atoms with Gasteiger partial charge in [-0.3, -0.25) is 9.36 Å². The topological polar surface area (TPSA) is 49.7 Å². The largest absolute Gasteiger partial charge is 0.496 e. The molecule has 0 aliphatic carbocycles. The molecule has 1 fully saturated rings. The molecule has 8 heteroatoms. The van der Waals surface area contributed by atoms with Crippen molar-refractivity contribution < 1.29 is 4.74 Å². The van der Waals surface area contributed by atoms with Gasteiger partial charge in [0.1, 0.15) is 5.75 Å². The van der Waals surface area contributed by atoms with E-state index in [0.717, 1.165) is 42.1 Å². The molecule has 0 radical (unpaired) electrons. The second kappa shape index (κ2) is 10.2. The summed E-state index contributed by atoms with van der Waals surface area (Å²) in [4.78, 5) is 15.5. The van der Waals surface area contributed by atoms with Crippen LogP contribution in [0.4, 0.5) is 5.69 Å². The van der Waals surface area contributed by atoms with Crippen molar-refractivity contribution in [3.05, 3.63) is 75.7 Å². The lowest BCUT2D eigenvalue weighted by molar-refractivity contribution is 0.259. The fraction of sp³-hybridized carbons (Fsp3) is 0.320. The average Bonchev–Trinajstić information content (AvgIpc) is 3.46. The monoisotopic (exact) mass is 486 g/mol. The quantitative estimate of drug-likeness (QED) is 0.540. The number of halogens is 2. The summed E-state index contributed by atoms with van der Waals surface area (Å²) in [6.07, 6.45) is 4.45. The number of hydrogen-bond acceptors (Lipinski definition) is 5. The number of aromatic nitrogens is 1. The third-order valence-corrected chi connectivity index (χ3v) is 6.52. The molecule has 2 aromatic carbocycles. The first-order valence-electron chi connectivity index (χ1n) is 11.0. The molecule has 0 unspecified atom stereocenters. The lowest BCUT2D eigenvalue weighted by atomic mass is 10.1. The molecule has 2 aliphatic rings. The average molecular weight is 487 g/mol. The van der Waals surface area contributed by atoms with E-state index in [2.05, 4.69) is 27.5 Å².